The molecule has 138 valence electrons. The lowest BCUT2D eigenvalue weighted by Gasteiger charge is -2.08. The van der Waals surface area contributed by atoms with Crippen LogP contribution in [0, 0.1) is 0 Å². The molecule has 0 aliphatic heterocycles. The largest absolute Gasteiger partial charge is 0.573 e. The Balaban J connectivity index is 2.01. The molecule has 26 heavy (non-hydrogen) atoms. The van der Waals surface area contributed by atoms with E-state index in [9.17, 15) is 17.6 Å². The van der Waals surface area contributed by atoms with Gasteiger partial charge in [-0.15, -0.1) is 13.2 Å². The summed E-state index contributed by atoms with van der Waals surface area (Å²) in [5.41, 5.74) is 12.4. The van der Waals surface area contributed by atoms with Gasteiger partial charge in [0, 0.05) is 12.1 Å². The first-order valence-electron chi connectivity index (χ1n) is 7.44. The summed E-state index contributed by atoms with van der Waals surface area (Å²) in [6.45, 7) is -0.109. The van der Waals surface area contributed by atoms with Crippen LogP contribution < -0.4 is 16.2 Å². The van der Waals surface area contributed by atoms with Gasteiger partial charge in [0.05, 0.1) is 5.69 Å². The molecule has 0 bridgehead atoms. The van der Waals surface area contributed by atoms with Gasteiger partial charge in [0.15, 0.2) is 0 Å². The summed E-state index contributed by atoms with van der Waals surface area (Å²) in [6, 6.07) is 11.3. The molecular weight excluding hydrogens is 352 g/mol. The second kappa shape index (κ2) is 8.43. The molecule has 0 fully saturated rings. The third-order valence-corrected chi connectivity index (χ3v) is 3.25. The maximum Gasteiger partial charge on any atom is 0.573 e. The summed E-state index contributed by atoms with van der Waals surface area (Å²) < 4.78 is 53.4. The summed E-state index contributed by atoms with van der Waals surface area (Å²) in [4.78, 5) is 7.90. The van der Waals surface area contributed by atoms with E-state index < -0.39 is 12.5 Å². The minimum absolute atomic E-state index is 0.109. The lowest BCUT2D eigenvalue weighted by atomic mass is 10.1. The van der Waals surface area contributed by atoms with Gasteiger partial charge >= 0.3 is 6.36 Å². The Bertz CT molecular complexity index is 771. The van der Waals surface area contributed by atoms with Gasteiger partial charge in [0.2, 0.25) is 0 Å². The van der Waals surface area contributed by atoms with Crippen LogP contribution in [-0.4, -0.2) is 25.1 Å². The van der Waals surface area contributed by atoms with E-state index in [2.05, 4.69) is 14.7 Å². The van der Waals surface area contributed by atoms with Crippen molar-refractivity contribution >= 4 is 17.9 Å². The highest BCUT2D eigenvalue weighted by atomic mass is 19.4. The van der Waals surface area contributed by atoms with E-state index in [0.29, 0.717) is 16.8 Å². The van der Waals surface area contributed by atoms with Crippen molar-refractivity contribution < 1.29 is 22.3 Å². The van der Waals surface area contributed by atoms with Crippen LogP contribution in [0.4, 0.5) is 23.2 Å². The SMILES string of the molecule is NCC(F)c1ccc(C(N)=NC=Nc2ccc(OC(F)(F)F)cc2)cc1. The van der Waals surface area contributed by atoms with Crippen molar-refractivity contribution in [2.24, 2.45) is 21.5 Å². The van der Waals surface area contributed by atoms with Crippen molar-refractivity contribution in [1.82, 2.24) is 0 Å². The van der Waals surface area contributed by atoms with E-state index in [1.807, 2.05) is 0 Å². The lowest BCUT2D eigenvalue weighted by Crippen LogP contribution is -2.16. The van der Waals surface area contributed by atoms with Gasteiger partial charge in [-0.2, -0.15) is 0 Å². The van der Waals surface area contributed by atoms with Gasteiger partial charge in [-0.3, -0.25) is 0 Å². The smallest absolute Gasteiger partial charge is 0.406 e. The Labute approximate surface area is 147 Å². The van der Waals surface area contributed by atoms with E-state index in [-0.39, 0.29) is 18.1 Å². The third-order valence-electron chi connectivity index (χ3n) is 3.25. The molecule has 0 aliphatic carbocycles. The van der Waals surface area contributed by atoms with Gasteiger partial charge in [-0.25, -0.2) is 14.4 Å². The number of rotatable bonds is 6. The van der Waals surface area contributed by atoms with Crippen LogP contribution in [0.2, 0.25) is 0 Å². The fourth-order valence-electron chi connectivity index (χ4n) is 1.96. The molecule has 0 aliphatic rings. The van der Waals surface area contributed by atoms with E-state index in [1.165, 1.54) is 18.5 Å². The minimum atomic E-state index is -4.74. The summed E-state index contributed by atoms with van der Waals surface area (Å²) in [5.74, 6) is -0.191. The number of alkyl halides is 4. The molecule has 2 aromatic rings. The van der Waals surface area contributed by atoms with Crippen LogP contribution in [0.1, 0.15) is 17.3 Å². The van der Waals surface area contributed by atoms with Crippen molar-refractivity contribution in [3.05, 3.63) is 59.7 Å². The Morgan fingerprint density at radius 1 is 1.08 bits per heavy atom. The van der Waals surface area contributed by atoms with Crippen molar-refractivity contribution in [1.29, 1.82) is 0 Å². The maximum atomic E-state index is 13.4. The molecule has 0 aromatic heterocycles. The minimum Gasteiger partial charge on any atom is -0.406 e. The molecule has 0 saturated carbocycles. The average Bonchev–Trinajstić information content (AvgIpc) is 2.61. The fourth-order valence-corrected chi connectivity index (χ4v) is 1.96. The Morgan fingerprint density at radius 3 is 2.23 bits per heavy atom. The third kappa shape index (κ3) is 5.85. The number of hydrogen-bond donors (Lipinski definition) is 2. The number of halogens is 4. The molecule has 9 heteroatoms. The molecule has 5 nitrogen and oxygen atoms in total. The number of amidine groups is 1. The number of hydrogen-bond acceptors (Lipinski definition) is 3. The number of aliphatic imine (C=N–C) groups is 2. The van der Waals surface area contributed by atoms with Crippen LogP contribution in [-0.2, 0) is 0 Å². The normalized spacial score (nSPS) is 13.8. The topological polar surface area (TPSA) is 86.0 Å². The number of nitrogens with two attached hydrogens (primary N) is 2. The van der Waals surface area contributed by atoms with E-state index in [1.54, 1.807) is 24.3 Å². The quantitative estimate of drug-likeness (QED) is 0.464. The van der Waals surface area contributed by atoms with Crippen LogP contribution in [0.5, 0.6) is 5.75 Å². The standard InChI is InChI=1S/C17H16F4N4O/c18-15(9-22)11-1-3-12(4-2-11)16(23)25-10-24-13-5-7-14(8-6-13)26-17(19,20)21/h1-8,10,15H,9,22H2,(H2,23,24,25). The van der Waals surface area contributed by atoms with E-state index >= 15 is 0 Å². The monoisotopic (exact) mass is 368 g/mol. The van der Waals surface area contributed by atoms with Crippen LogP contribution in [0.3, 0.4) is 0 Å². The molecule has 0 amide bonds. The average molecular weight is 368 g/mol. The first kappa shape index (κ1) is 19.4. The summed E-state index contributed by atoms with van der Waals surface area (Å²) in [6.07, 6.45) is -4.82. The maximum absolute atomic E-state index is 13.4. The fraction of sp³-hybridized carbons (Fsp3) is 0.176. The molecule has 0 saturated heterocycles. The molecule has 2 aromatic carbocycles. The summed E-state index contributed by atoms with van der Waals surface area (Å²) in [5, 5.41) is 0. The number of benzene rings is 2. The first-order valence-corrected chi connectivity index (χ1v) is 7.44. The van der Waals surface area contributed by atoms with E-state index in [4.69, 9.17) is 11.5 Å². The van der Waals surface area contributed by atoms with Crippen molar-refractivity contribution in [2.75, 3.05) is 6.54 Å². The molecular formula is C17H16F4N4O. The highest BCUT2D eigenvalue weighted by Gasteiger charge is 2.30. The summed E-state index contributed by atoms with van der Waals surface area (Å²) in [7, 11) is 0. The Kier molecular flexibility index (Phi) is 6.29. The van der Waals surface area contributed by atoms with Crippen molar-refractivity contribution in [3.8, 4) is 5.75 Å². The molecule has 1 atom stereocenters. The van der Waals surface area contributed by atoms with Gasteiger partial charge in [-0.05, 0) is 29.8 Å². The zero-order chi connectivity index (χ0) is 19.2. The molecule has 0 spiro atoms. The van der Waals surface area contributed by atoms with Crippen molar-refractivity contribution in [3.63, 3.8) is 0 Å². The molecule has 0 radical (unpaired) electrons. The Hall–Kier alpha value is -2.94. The second-order valence-electron chi connectivity index (χ2n) is 5.13. The van der Waals surface area contributed by atoms with Crippen LogP contribution >= 0.6 is 0 Å². The first-order chi connectivity index (χ1) is 12.3. The highest BCUT2D eigenvalue weighted by Crippen LogP contribution is 2.24. The number of nitrogens with zero attached hydrogens (tertiary/aromatic N) is 2. The lowest BCUT2D eigenvalue weighted by molar-refractivity contribution is -0.274. The highest BCUT2D eigenvalue weighted by molar-refractivity contribution is 6.01. The zero-order valence-corrected chi connectivity index (χ0v) is 13.4. The van der Waals surface area contributed by atoms with E-state index in [0.717, 1.165) is 12.1 Å². The predicted molar refractivity (Wildman–Crippen MR) is 91.3 cm³/mol. The molecule has 4 N–H and O–H groups in total. The second-order valence-corrected chi connectivity index (χ2v) is 5.13. The molecule has 0 heterocycles. The summed E-state index contributed by atoms with van der Waals surface area (Å²) >= 11 is 0. The van der Waals surface area contributed by atoms with Gasteiger partial charge in [-0.1, -0.05) is 24.3 Å². The molecule has 1 unspecified atom stereocenters. The van der Waals surface area contributed by atoms with Crippen molar-refractivity contribution in [2.45, 2.75) is 12.5 Å². The van der Waals surface area contributed by atoms with Crippen LogP contribution in [0.25, 0.3) is 0 Å². The Morgan fingerprint density at radius 2 is 1.69 bits per heavy atom. The van der Waals surface area contributed by atoms with Gasteiger partial charge in [0.25, 0.3) is 0 Å². The van der Waals surface area contributed by atoms with Gasteiger partial charge in [0.1, 0.15) is 24.1 Å². The zero-order valence-electron chi connectivity index (χ0n) is 13.4. The molecule has 2 rings (SSSR count). The predicted octanol–water partition coefficient (Wildman–Crippen LogP) is 3.62. The number of ether oxygens (including phenoxy) is 1. The van der Waals surface area contributed by atoms with Gasteiger partial charge < -0.3 is 16.2 Å². The van der Waals surface area contributed by atoms with Crippen LogP contribution in [0.15, 0.2) is 58.5 Å².